The summed E-state index contributed by atoms with van der Waals surface area (Å²) in [5, 5.41) is 3.75. The highest BCUT2D eigenvalue weighted by Crippen LogP contribution is 2.30. The molecule has 0 heterocycles. The van der Waals surface area contributed by atoms with Gasteiger partial charge in [0.1, 0.15) is 0 Å². The third-order valence-corrected chi connectivity index (χ3v) is 4.39. The quantitative estimate of drug-likeness (QED) is 0.815. The summed E-state index contributed by atoms with van der Waals surface area (Å²) in [6.45, 7) is 9.90. The zero-order valence-corrected chi connectivity index (χ0v) is 13.4. The van der Waals surface area contributed by atoms with E-state index in [9.17, 15) is 0 Å². The summed E-state index contributed by atoms with van der Waals surface area (Å²) in [6, 6.07) is 12.0. The molecule has 2 rings (SSSR count). The monoisotopic (exact) mass is 275 g/mol. The maximum absolute atomic E-state index is 5.62. The topological polar surface area (TPSA) is 21.3 Å². The van der Waals surface area contributed by atoms with Gasteiger partial charge < -0.3 is 10.1 Å². The lowest BCUT2D eigenvalue weighted by Crippen LogP contribution is -2.49. The van der Waals surface area contributed by atoms with E-state index in [4.69, 9.17) is 4.74 Å². The highest BCUT2D eigenvalue weighted by molar-refractivity contribution is 5.23. The average molecular weight is 275 g/mol. The number of benzene rings is 1. The molecule has 2 heteroatoms. The van der Waals surface area contributed by atoms with Crippen molar-refractivity contribution in [3.63, 3.8) is 0 Å². The molecule has 1 saturated carbocycles. The smallest absolute Gasteiger partial charge is 0.0604 e. The zero-order valence-electron chi connectivity index (χ0n) is 13.4. The van der Waals surface area contributed by atoms with E-state index in [1.54, 1.807) is 0 Å². The van der Waals surface area contributed by atoms with E-state index in [0.717, 1.165) is 13.0 Å². The summed E-state index contributed by atoms with van der Waals surface area (Å²) >= 11 is 0. The Morgan fingerprint density at radius 2 is 1.90 bits per heavy atom. The second-order valence-electron chi connectivity index (χ2n) is 6.77. The first-order chi connectivity index (χ1) is 9.51. The number of ether oxygens (including phenoxy) is 1. The molecule has 1 aliphatic carbocycles. The lowest BCUT2D eigenvalue weighted by atomic mass is 9.78. The minimum atomic E-state index is 0.219. The van der Waals surface area contributed by atoms with Gasteiger partial charge in [0.05, 0.1) is 6.10 Å². The maximum atomic E-state index is 5.62. The first-order valence-corrected chi connectivity index (χ1v) is 7.94. The Morgan fingerprint density at radius 1 is 1.25 bits per heavy atom. The van der Waals surface area contributed by atoms with Gasteiger partial charge in [-0.1, -0.05) is 44.2 Å². The first kappa shape index (κ1) is 15.5. The molecule has 0 aliphatic heterocycles. The van der Waals surface area contributed by atoms with Crippen LogP contribution in [0.1, 0.15) is 52.5 Å². The van der Waals surface area contributed by atoms with Crippen molar-refractivity contribution in [3.05, 3.63) is 35.9 Å². The number of hydrogen-bond acceptors (Lipinski definition) is 2. The van der Waals surface area contributed by atoms with Gasteiger partial charge in [0, 0.05) is 18.7 Å². The lowest BCUT2D eigenvalue weighted by molar-refractivity contribution is -0.0125. The molecule has 1 aromatic carbocycles. The zero-order chi connectivity index (χ0) is 14.6. The minimum absolute atomic E-state index is 0.219. The standard InChI is InChI=1S/C18H29NO/c1-5-20-17-11-16(12-17)19-14(2)13-18(3,4)15-9-7-6-8-10-15/h6-10,14,16-17,19H,5,11-13H2,1-4H3. The molecule has 1 N–H and O–H groups in total. The average Bonchev–Trinajstić information content (AvgIpc) is 2.37. The van der Waals surface area contributed by atoms with Crippen molar-refractivity contribution in [2.75, 3.05) is 6.61 Å². The van der Waals surface area contributed by atoms with E-state index in [-0.39, 0.29) is 5.41 Å². The van der Waals surface area contributed by atoms with Gasteiger partial charge in [-0.2, -0.15) is 0 Å². The molecule has 0 bridgehead atoms. The molecule has 1 aromatic rings. The fraction of sp³-hybridized carbons (Fsp3) is 0.667. The van der Waals surface area contributed by atoms with E-state index in [0.29, 0.717) is 18.2 Å². The van der Waals surface area contributed by atoms with E-state index in [2.05, 4.69) is 63.3 Å². The van der Waals surface area contributed by atoms with E-state index < -0.39 is 0 Å². The number of nitrogens with one attached hydrogen (secondary N) is 1. The molecule has 2 nitrogen and oxygen atoms in total. The largest absolute Gasteiger partial charge is 0.378 e. The molecule has 0 radical (unpaired) electrons. The molecular formula is C18H29NO. The fourth-order valence-corrected chi connectivity index (χ4v) is 3.31. The molecule has 0 amide bonds. The van der Waals surface area contributed by atoms with Crippen molar-refractivity contribution in [3.8, 4) is 0 Å². The Bertz CT molecular complexity index is 395. The normalized spacial score (nSPS) is 24.2. The van der Waals surface area contributed by atoms with Gasteiger partial charge in [-0.25, -0.2) is 0 Å². The molecule has 1 unspecified atom stereocenters. The Morgan fingerprint density at radius 3 is 2.50 bits per heavy atom. The van der Waals surface area contributed by atoms with Crippen LogP contribution in [0, 0.1) is 0 Å². The molecular weight excluding hydrogens is 246 g/mol. The fourth-order valence-electron chi connectivity index (χ4n) is 3.31. The summed E-state index contributed by atoms with van der Waals surface area (Å²) in [5.41, 5.74) is 1.64. The summed E-state index contributed by atoms with van der Waals surface area (Å²) in [7, 11) is 0. The van der Waals surface area contributed by atoms with Crippen molar-refractivity contribution >= 4 is 0 Å². The number of hydrogen-bond donors (Lipinski definition) is 1. The van der Waals surface area contributed by atoms with Crippen molar-refractivity contribution in [1.29, 1.82) is 0 Å². The van der Waals surface area contributed by atoms with E-state index >= 15 is 0 Å². The Labute approximate surface area is 123 Å². The Hall–Kier alpha value is -0.860. The van der Waals surface area contributed by atoms with Crippen LogP contribution in [0.5, 0.6) is 0 Å². The molecule has 1 atom stereocenters. The summed E-state index contributed by atoms with van der Waals surface area (Å²) < 4.78 is 5.62. The SMILES string of the molecule is CCOC1CC(NC(C)CC(C)(C)c2ccccc2)C1. The minimum Gasteiger partial charge on any atom is -0.378 e. The van der Waals surface area contributed by atoms with Crippen LogP contribution < -0.4 is 5.32 Å². The van der Waals surface area contributed by atoms with Crippen LogP contribution in [-0.2, 0) is 10.2 Å². The van der Waals surface area contributed by atoms with Gasteiger partial charge in [-0.15, -0.1) is 0 Å². The summed E-state index contributed by atoms with van der Waals surface area (Å²) in [4.78, 5) is 0. The van der Waals surface area contributed by atoms with Crippen molar-refractivity contribution in [1.82, 2.24) is 5.32 Å². The van der Waals surface area contributed by atoms with Crippen molar-refractivity contribution < 1.29 is 4.74 Å². The highest BCUT2D eigenvalue weighted by atomic mass is 16.5. The van der Waals surface area contributed by atoms with Gasteiger partial charge in [0.15, 0.2) is 0 Å². The van der Waals surface area contributed by atoms with Crippen LogP contribution in [0.15, 0.2) is 30.3 Å². The lowest BCUT2D eigenvalue weighted by Gasteiger charge is -2.39. The van der Waals surface area contributed by atoms with Gasteiger partial charge in [0.25, 0.3) is 0 Å². The molecule has 1 fully saturated rings. The molecule has 1 aliphatic rings. The van der Waals surface area contributed by atoms with Gasteiger partial charge >= 0.3 is 0 Å². The van der Waals surface area contributed by atoms with Crippen LogP contribution in [0.4, 0.5) is 0 Å². The van der Waals surface area contributed by atoms with Gasteiger partial charge in [0.2, 0.25) is 0 Å². The van der Waals surface area contributed by atoms with Gasteiger partial charge in [-0.05, 0) is 44.1 Å². The second-order valence-corrected chi connectivity index (χ2v) is 6.77. The maximum Gasteiger partial charge on any atom is 0.0604 e. The van der Waals surface area contributed by atoms with Gasteiger partial charge in [-0.3, -0.25) is 0 Å². The molecule has 0 aromatic heterocycles. The van der Waals surface area contributed by atoms with Crippen molar-refractivity contribution in [2.24, 2.45) is 0 Å². The predicted molar refractivity (Wildman–Crippen MR) is 85.1 cm³/mol. The van der Waals surface area contributed by atoms with E-state index in [1.165, 1.54) is 18.4 Å². The predicted octanol–water partition coefficient (Wildman–Crippen LogP) is 3.90. The molecule has 20 heavy (non-hydrogen) atoms. The Kier molecular flexibility index (Phi) is 5.22. The van der Waals surface area contributed by atoms with Crippen LogP contribution in [-0.4, -0.2) is 24.8 Å². The van der Waals surface area contributed by atoms with E-state index in [1.807, 2.05) is 0 Å². The van der Waals surface area contributed by atoms with Crippen LogP contribution >= 0.6 is 0 Å². The van der Waals surface area contributed by atoms with Crippen LogP contribution in [0.3, 0.4) is 0 Å². The van der Waals surface area contributed by atoms with Crippen LogP contribution in [0.25, 0.3) is 0 Å². The second kappa shape index (κ2) is 6.73. The first-order valence-electron chi connectivity index (χ1n) is 7.94. The third-order valence-electron chi connectivity index (χ3n) is 4.39. The molecule has 112 valence electrons. The molecule has 0 spiro atoms. The number of rotatable bonds is 7. The molecule has 0 saturated heterocycles. The third kappa shape index (κ3) is 4.07. The van der Waals surface area contributed by atoms with Crippen molar-refractivity contribution in [2.45, 2.75) is 70.6 Å². The summed E-state index contributed by atoms with van der Waals surface area (Å²) in [6.07, 6.45) is 3.99. The van der Waals surface area contributed by atoms with Crippen LogP contribution in [0.2, 0.25) is 0 Å². The summed E-state index contributed by atoms with van der Waals surface area (Å²) in [5.74, 6) is 0. The Balaban J connectivity index is 1.78. The highest BCUT2D eigenvalue weighted by Gasteiger charge is 2.31.